The smallest absolute Gasteiger partial charge is 0.126 e. The van der Waals surface area contributed by atoms with Gasteiger partial charge in [-0.15, -0.1) is 6.58 Å². The average Bonchev–Trinajstić information content (AvgIpc) is 2.74. The van der Waals surface area contributed by atoms with Crippen molar-refractivity contribution in [1.29, 1.82) is 0 Å². The Kier molecular flexibility index (Phi) is 8.64. The van der Waals surface area contributed by atoms with Crippen molar-refractivity contribution in [2.75, 3.05) is 6.61 Å². The molecule has 2 aromatic carbocycles. The van der Waals surface area contributed by atoms with Crippen LogP contribution in [-0.4, -0.2) is 66.8 Å². The fourth-order valence-corrected chi connectivity index (χ4v) is 3.96. The van der Waals surface area contributed by atoms with Crippen LogP contribution >= 0.6 is 0 Å². The van der Waals surface area contributed by atoms with Crippen LogP contribution in [0.15, 0.2) is 60.7 Å². The minimum Gasteiger partial charge on any atom is -0.394 e. The average molecular weight is 452 g/mol. The van der Waals surface area contributed by atoms with Gasteiger partial charge in [0.05, 0.1) is 6.61 Å². The Bertz CT molecular complexity index is 923. The van der Waals surface area contributed by atoms with Crippen LogP contribution in [0.2, 0.25) is 0 Å². The van der Waals surface area contributed by atoms with Crippen molar-refractivity contribution in [2.45, 2.75) is 55.7 Å². The molecule has 1 unspecified atom stereocenters. The van der Waals surface area contributed by atoms with E-state index in [1.165, 1.54) is 42.5 Å². The van der Waals surface area contributed by atoms with Gasteiger partial charge in [-0.1, -0.05) is 42.0 Å². The lowest BCUT2D eigenvalue weighted by Gasteiger charge is -2.46. The standard InChI is InChI=1S/C24H30F2O6/c1-15(2)11-23(31,12-16-7-3-5-9-18(16)25)22(30)24(32,21(29)20(28)14-27)13-17-8-4-6-10-19(17)26/h3-10,20-22,27-32H,1,11-14H2,2H3/t20-,21+,22+,23?,24+/m0/s1. The first-order chi connectivity index (χ1) is 14.9. The number of aliphatic hydroxyl groups is 6. The molecule has 5 atom stereocenters. The molecular weight excluding hydrogens is 422 g/mol. The third-order valence-electron chi connectivity index (χ3n) is 5.54. The van der Waals surface area contributed by atoms with Crippen LogP contribution in [0.25, 0.3) is 0 Å². The van der Waals surface area contributed by atoms with Crippen LogP contribution in [0.5, 0.6) is 0 Å². The maximum atomic E-state index is 14.3. The second kappa shape index (κ2) is 10.6. The third kappa shape index (κ3) is 5.78. The SMILES string of the molecule is C=C(C)CC(O)(Cc1ccccc1F)[C@@H](O)[C@@](O)(Cc1ccccc1F)[C@H](O)[C@@H](O)CO. The van der Waals surface area contributed by atoms with Crippen LogP contribution in [0.4, 0.5) is 8.78 Å². The summed E-state index contributed by atoms with van der Waals surface area (Å²) in [5.41, 5.74) is -4.68. The van der Waals surface area contributed by atoms with Gasteiger partial charge in [-0.3, -0.25) is 0 Å². The van der Waals surface area contributed by atoms with E-state index in [1.54, 1.807) is 6.92 Å². The molecule has 2 aromatic rings. The van der Waals surface area contributed by atoms with E-state index in [2.05, 4.69) is 6.58 Å². The number of halogens is 2. The number of rotatable bonds is 11. The van der Waals surface area contributed by atoms with Crippen LogP contribution in [-0.2, 0) is 12.8 Å². The molecule has 0 spiro atoms. The van der Waals surface area contributed by atoms with Crippen molar-refractivity contribution in [3.63, 3.8) is 0 Å². The molecule has 0 aliphatic rings. The van der Waals surface area contributed by atoms with Gasteiger partial charge in [-0.05, 0) is 36.6 Å². The minimum atomic E-state index is -2.72. The first kappa shape index (κ1) is 26.1. The molecule has 176 valence electrons. The topological polar surface area (TPSA) is 121 Å². The molecule has 32 heavy (non-hydrogen) atoms. The fourth-order valence-electron chi connectivity index (χ4n) is 3.96. The van der Waals surface area contributed by atoms with Crippen LogP contribution in [0.3, 0.4) is 0 Å². The first-order valence-electron chi connectivity index (χ1n) is 10.2. The van der Waals surface area contributed by atoms with Gasteiger partial charge in [-0.25, -0.2) is 8.78 Å². The molecule has 0 aliphatic carbocycles. The van der Waals surface area contributed by atoms with Crippen LogP contribution in [0.1, 0.15) is 24.5 Å². The van der Waals surface area contributed by atoms with E-state index in [0.717, 1.165) is 6.07 Å². The van der Waals surface area contributed by atoms with Gasteiger partial charge in [0.2, 0.25) is 0 Å². The molecule has 0 bridgehead atoms. The highest BCUT2D eigenvalue weighted by atomic mass is 19.1. The molecule has 2 rings (SSSR count). The predicted molar refractivity (Wildman–Crippen MR) is 115 cm³/mol. The zero-order chi connectivity index (χ0) is 24.1. The number of hydrogen-bond acceptors (Lipinski definition) is 6. The summed E-state index contributed by atoms with van der Waals surface area (Å²) in [5.74, 6) is -1.41. The summed E-state index contributed by atoms with van der Waals surface area (Å²) < 4.78 is 28.6. The predicted octanol–water partition coefficient (Wildman–Crippen LogP) is 1.25. The molecule has 6 nitrogen and oxygen atoms in total. The molecule has 0 aliphatic heterocycles. The lowest BCUT2D eigenvalue weighted by atomic mass is 9.71. The van der Waals surface area contributed by atoms with Crippen molar-refractivity contribution in [2.24, 2.45) is 0 Å². The second-order valence-corrected chi connectivity index (χ2v) is 8.36. The highest BCUT2D eigenvalue weighted by Crippen LogP contribution is 2.36. The molecule has 6 N–H and O–H groups in total. The van der Waals surface area contributed by atoms with Gasteiger partial charge in [0, 0.05) is 12.8 Å². The molecule has 0 fully saturated rings. The summed E-state index contributed by atoms with van der Waals surface area (Å²) in [6.45, 7) is 4.28. The quantitative estimate of drug-likeness (QED) is 0.286. The highest BCUT2D eigenvalue weighted by Gasteiger charge is 2.54. The Morgan fingerprint density at radius 1 is 0.906 bits per heavy atom. The summed E-state index contributed by atoms with van der Waals surface area (Å²) in [5, 5.41) is 64.0. The molecule has 8 heteroatoms. The van der Waals surface area contributed by atoms with E-state index >= 15 is 0 Å². The summed E-state index contributed by atoms with van der Waals surface area (Å²) >= 11 is 0. The summed E-state index contributed by atoms with van der Waals surface area (Å²) in [7, 11) is 0. The van der Waals surface area contributed by atoms with Crippen molar-refractivity contribution in [3.8, 4) is 0 Å². The summed E-state index contributed by atoms with van der Waals surface area (Å²) in [6, 6.07) is 10.8. The Labute approximate surface area is 185 Å². The minimum absolute atomic E-state index is 0.0285. The maximum Gasteiger partial charge on any atom is 0.126 e. The summed E-state index contributed by atoms with van der Waals surface area (Å²) in [6.07, 6.45) is -7.79. The van der Waals surface area contributed by atoms with Crippen LogP contribution < -0.4 is 0 Å². The van der Waals surface area contributed by atoms with Gasteiger partial charge >= 0.3 is 0 Å². The molecule has 0 aromatic heterocycles. The van der Waals surface area contributed by atoms with Crippen molar-refractivity contribution < 1.29 is 39.4 Å². The largest absolute Gasteiger partial charge is 0.394 e. The Morgan fingerprint density at radius 3 is 1.81 bits per heavy atom. The number of benzene rings is 2. The van der Waals surface area contributed by atoms with E-state index in [1.807, 2.05) is 0 Å². The lowest BCUT2D eigenvalue weighted by molar-refractivity contribution is -0.228. The molecule has 0 amide bonds. The third-order valence-corrected chi connectivity index (χ3v) is 5.54. The van der Waals surface area contributed by atoms with Crippen molar-refractivity contribution in [3.05, 3.63) is 83.4 Å². The molecular formula is C24H30F2O6. The van der Waals surface area contributed by atoms with Gasteiger partial charge in [0.15, 0.2) is 0 Å². The summed E-state index contributed by atoms with van der Waals surface area (Å²) in [4.78, 5) is 0. The lowest BCUT2D eigenvalue weighted by Crippen LogP contribution is -2.66. The van der Waals surface area contributed by atoms with Crippen molar-refractivity contribution >= 4 is 0 Å². The van der Waals surface area contributed by atoms with Gasteiger partial charge in [-0.2, -0.15) is 0 Å². The van der Waals surface area contributed by atoms with E-state index in [9.17, 15) is 39.4 Å². The van der Waals surface area contributed by atoms with E-state index in [-0.39, 0.29) is 17.5 Å². The van der Waals surface area contributed by atoms with Gasteiger partial charge in [0.1, 0.15) is 41.1 Å². The molecule has 0 radical (unpaired) electrons. The molecule has 0 heterocycles. The van der Waals surface area contributed by atoms with Crippen molar-refractivity contribution in [1.82, 2.24) is 0 Å². The molecule has 0 saturated carbocycles. The Morgan fingerprint density at radius 2 is 1.38 bits per heavy atom. The first-order valence-corrected chi connectivity index (χ1v) is 10.2. The highest BCUT2D eigenvalue weighted by molar-refractivity contribution is 5.25. The molecule has 0 saturated heterocycles. The van der Waals surface area contributed by atoms with Gasteiger partial charge < -0.3 is 30.6 Å². The second-order valence-electron chi connectivity index (χ2n) is 8.36. The normalized spacial score (nSPS) is 18.3. The zero-order valence-electron chi connectivity index (χ0n) is 17.8. The number of aliphatic hydroxyl groups excluding tert-OH is 4. The zero-order valence-corrected chi connectivity index (χ0v) is 17.8. The number of hydrogen-bond donors (Lipinski definition) is 6. The Balaban J connectivity index is 2.57. The van der Waals surface area contributed by atoms with E-state index in [0.29, 0.717) is 5.57 Å². The monoisotopic (exact) mass is 452 g/mol. The Hall–Kier alpha value is -2.20. The van der Waals surface area contributed by atoms with Crippen LogP contribution in [0, 0.1) is 11.6 Å². The van der Waals surface area contributed by atoms with E-state index in [4.69, 9.17) is 0 Å². The fraction of sp³-hybridized carbons (Fsp3) is 0.417. The van der Waals surface area contributed by atoms with E-state index < -0.39 is 60.6 Å². The van der Waals surface area contributed by atoms with Gasteiger partial charge in [0.25, 0.3) is 0 Å². The maximum absolute atomic E-state index is 14.3.